The molecule has 5 heteroatoms. The van der Waals surface area contributed by atoms with Crippen molar-refractivity contribution in [2.75, 3.05) is 0 Å². The van der Waals surface area contributed by atoms with Crippen LogP contribution in [0.5, 0.6) is 5.75 Å². The number of amides is 1. The van der Waals surface area contributed by atoms with Crippen molar-refractivity contribution in [2.45, 2.75) is 66.5 Å². The van der Waals surface area contributed by atoms with Gasteiger partial charge in [-0.3, -0.25) is 4.79 Å². The number of ether oxygens (including phenoxy) is 1. The molecule has 0 saturated heterocycles. The number of hydrogen-bond acceptors (Lipinski definition) is 4. The van der Waals surface area contributed by atoms with Crippen LogP contribution in [0.15, 0.2) is 28.8 Å². The fourth-order valence-electron chi connectivity index (χ4n) is 2.78. The van der Waals surface area contributed by atoms with E-state index in [4.69, 9.17) is 9.26 Å². The highest BCUT2D eigenvalue weighted by Crippen LogP contribution is 2.18. The number of aromatic nitrogens is 1. The fraction of sp³-hybridized carbons (Fsp3) is 0.524. The monoisotopic (exact) mass is 358 g/mol. The molecule has 1 unspecified atom stereocenters. The van der Waals surface area contributed by atoms with E-state index in [9.17, 15) is 4.79 Å². The van der Waals surface area contributed by atoms with Crippen LogP contribution in [0.1, 0.15) is 67.4 Å². The van der Waals surface area contributed by atoms with Crippen molar-refractivity contribution in [3.8, 4) is 5.75 Å². The van der Waals surface area contributed by atoms with Gasteiger partial charge in [-0.05, 0) is 57.4 Å². The maximum absolute atomic E-state index is 12.3. The summed E-state index contributed by atoms with van der Waals surface area (Å²) in [6, 6.07) is 7.39. The summed E-state index contributed by atoms with van der Waals surface area (Å²) in [7, 11) is 0. The van der Waals surface area contributed by atoms with E-state index in [1.807, 2.05) is 26.0 Å². The Morgan fingerprint density at radius 3 is 2.42 bits per heavy atom. The molecule has 0 aliphatic carbocycles. The second-order valence-electron chi connectivity index (χ2n) is 7.32. The zero-order valence-electron chi connectivity index (χ0n) is 16.5. The molecule has 1 heterocycles. The van der Waals surface area contributed by atoms with Crippen molar-refractivity contribution in [2.24, 2.45) is 5.92 Å². The molecule has 2 rings (SSSR count). The smallest absolute Gasteiger partial charge is 0.251 e. The molecule has 142 valence electrons. The minimum absolute atomic E-state index is 0.0423. The Kier molecular flexibility index (Phi) is 7.25. The summed E-state index contributed by atoms with van der Waals surface area (Å²) in [6.45, 7) is 10.7. The molecule has 2 aromatic rings. The Balaban J connectivity index is 1.83. The number of carbonyl (C=O) groups excluding carboxylic acids is 1. The van der Waals surface area contributed by atoms with Gasteiger partial charge in [0.05, 0.1) is 11.3 Å². The Morgan fingerprint density at radius 1 is 1.15 bits per heavy atom. The summed E-state index contributed by atoms with van der Waals surface area (Å²) in [5, 5.41) is 6.97. The SMILES string of the molecule is Cc1noc(C)c1COc1ccc(C(=O)NC(C)CCCC(C)C)cc1. The van der Waals surface area contributed by atoms with Crippen molar-refractivity contribution < 1.29 is 14.1 Å². The van der Waals surface area contributed by atoms with Gasteiger partial charge in [0.25, 0.3) is 5.91 Å². The quantitative estimate of drug-likeness (QED) is 0.698. The molecule has 0 spiro atoms. The lowest BCUT2D eigenvalue weighted by atomic mass is 10.0. The van der Waals surface area contributed by atoms with E-state index in [1.54, 1.807) is 12.1 Å². The van der Waals surface area contributed by atoms with Crippen LogP contribution in [0.4, 0.5) is 0 Å². The van der Waals surface area contributed by atoms with Gasteiger partial charge < -0.3 is 14.6 Å². The normalized spacial score (nSPS) is 12.2. The molecule has 1 aromatic carbocycles. The lowest BCUT2D eigenvalue weighted by molar-refractivity contribution is 0.0937. The first-order valence-corrected chi connectivity index (χ1v) is 9.32. The van der Waals surface area contributed by atoms with E-state index >= 15 is 0 Å². The molecule has 0 aliphatic heterocycles. The van der Waals surface area contributed by atoms with E-state index in [0.29, 0.717) is 23.8 Å². The highest BCUT2D eigenvalue weighted by Gasteiger charge is 2.12. The average molecular weight is 358 g/mol. The first-order valence-electron chi connectivity index (χ1n) is 9.32. The summed E-state index contributed by atoms with van der Waals surface area (Å²) in [5.74, 6) is 2.15. The Labute approximate surface area is 156 Å². The van der Waals surface area contributed by atoms with Gasteiger partial charge in [-0.2, -0.15) is 0 Å². The van der Waals surface area contributed by atoms with Crippen molar-refractivity contribution in [1.82, 2.24) is 10.5 Å². The van der Waals surface area contributed by atoms with Crippen LogP contribution >= 0.6 is 0 Å². The third-order valence-corrected chi connectivity index (χ3v) is 4.48. The van der Waals surface area contributed by atoms with E-state index in [2.05, 4.69) is 31.2 Å². The van der Waals surface area contributed by atoms with E-state index in [0.717, 1.165) is 29.9 Å². The van der Waals surface area contributed by atoms with Crippen molar-refractivity contribution in [3.05, 3.63) is 46.8 Å². The van der Waals surface area contributed by atoms with Gasteiger partial charge in [-0.1, -0.05) is 31.8 Å². The molecule has 0 fully saturated rings. The Morgan fingerprint density at radius 2 is 1.85 bits per heavy atom. The molecular formula is C21H30N2O3. The van der Waals surface area contributed by atoms with Crippen LogP contribution in [0.3, 0.4) is 0 Å². The largest absolute Gasteiger partial charge is 0.489 e. The van der Waals surface area contributed by atoms with Gasteiger partial charge >= 0.3 is 0 Å². The summed E-state index contributed by atoms with van der Waals surface area (Å²) in [5.41, 5.74) is 2.44. The molecule has 1 amide bonds. The predicted molar refractivity (Wildman–Crippen MR) is 102 cm³/mol. The van der Waals surface area contributed by atoms with E-state index in [-0.39, 0.29) is 11.9 Å². The maximum atomic E-state index is 12.3. The van der Waals surface area contributed by atoms with Gasteiger partial charge in [-0.15, -0.1) is 0 Å². The number of nitrogens with one attached hydrogen (secondary N) is 1. The summed E-state index contributed by atoms with van der Waals surface area (Å²) < 4.78 is 10.9. The van der Waals surface area contributed by atoms with Crippen LogP contribution in [-0.4, -0.2) is 17.1 Å². The summed E-state index contributed by atoms with van der Waals surface area (Å²) in [4.78, 5) is 12.3. The van der Waals surface area contributed by atoms with Gasteiger partial charge in [0.1, 0.15) is 18.1 Å². The van der Waals surface area contributed by atoms with Crippen LogP contribution in [0.25, 0.3) is 0 Å². The number of hydrogen-bond donors (Lipinski definition) is 1. The number of carbonyl (C=O) groups is 1. The zero-order chi connectivity index (χ0) is 19.1. The van der Waals surface area contributed by atoms with Crippen molar-refractivity contribution in [1.29, 1.82) is 0 Å². The molecule has 5 nitrogen and oxygen atoms in total. The highest BCUT2D eigenvalue weighted by atomic mass is 16.5. The topological polar surface area (TPSA) is 64.4 Å². The maximum Gasteiger partial charge on any atom is 0.251 e. The first-order chi connectivity index (χ1) is 12.4. The molecule has 1 N–H and O–H groups in total. The second-order valence-corrected chi connectivity index (χ2v) is 7.32. The van der Waals surface area contributed by atoms with Gasteiger partial charge in [0.15, 0.2) is 0 Å². The predicted octanol–water partition coefficient (Wildman–Crippen LogP) is 4.82. The van der Waals surface area contributed by atoms with Gasteiger partial charge in [0, 0.05) is 11.6 Å². The molecule has 0 bridgehead atoms. The van der Waals surface area contributed by atoms with Crippen LogP contribution in [-0.2, 0) is 6.61 Å². The highest BCUT2D eigenvalue weighted by molar-refractivity contribution is 5.94. The first kappa shape index (κ1) is 20.0. The lowest BCUT2D eigenvalue weighted by Crippen LogP contribution is -2.32. The van der Waals surface area contributed by atoms with Gasteiger partial charge in [-0.25, -0.2) is 0 Å². The minimum atomic E-state index is -0.0423. The van der Waals surface area contributed by atoms with Crippen LogP contribution < -0.4 is 10.1 Å². The number of rotatable bonds is 9. The molecule has 0 saturated carbocycles. The third kappa shape index (κ3) is 5.90. The molecule has 26 heavy (non-hydrogen) atoms. The lowest BCUT2D eigenvalue weighted by Gasteiger charge is -2.15. The Hall–Kier alpha value is -2.30. The number of nitrogens with zero attached hydrogens (tertiary/aromatic N) is 1. The fourth-order valence-corrected chi connectivity index (χ4v) is 2.78. The van der Waals surface area contributed by atoms with Crippen LogP contribution in [0, 0.1) is 19.8 Å². The second kappa shape index (κ2) is 9.41. The molecule has 1 aromatic heterocycles. The summed E-state index contributed by atoms with van der Waals surface area (Å²) in [6.07, 6.45) is 3.33. The van der Waals surface area contributed by atoms with Crippen LogP contribution in [0.2, 0.25) is 0 Å². The molecule has 1 atom stereocenters. The molecule has 0 radical (unpaired) electrons. The zero-order valence-corrected chi connectivity index (χ0v) is 16.5. The minimum Gasteiger partial charge on any atom is -0.489 e. The molecule has 0 aliphatic rings. The van der Waals surface area contributed by atoms with E-state index < -0.39 is 0 Å². The van der Waals surface area contributed by atoms with E-state index in [1.165, 1.54) is 6.42 Å². The van der Waals surface area contributed by atoms with Crippen molar-refractivity contribution >= 4 is 5.91 Å². The molecular weight excluding hydrogens is 328 g/mol. The third-order valence-electron chi connectivity index (χ3n) is 4.48. The standard InChI is InChI=1S/C21H30N2O3/c1-14(2)7-6-8-15(3)22-21(24)18-9-11-19(12-10-18)25-13-20-16(4)23-26-17(20)5/h9-12,14-15H,6-8,13H2,1-5H3,(H,22,24). The Bertz CT molecular complexity index is 685. The van der Waals surface area contributed by atoms with Gasteiger partial charge in [0.2, 0.25) is 0 Å². The number of aryl methyl sites for hydroxylation is 2. The van der Waals surface area contributed by atoms with Crippen molar-refractivity contribution in [3.63, 3.8) is 0 Å². The average Bonchev–Trinajstić information content (AvgIpc) is 2.91. The number of benzene rings is 1. The summed E-state index contributed by atoms with van der Waals surface area (Å²) >= 11 is 0.